The average Bonchev–Trinajstić information content (AvgIpc) is 2.91. The lowest BCUT2D eigenvalue weighted by molar-refractivity contribution is -0.886. The van der Waals surface area contributed by atoms with Crippen LogP contribution in [0.15, 0.2) is 51.6 Å². The number of hydrogen-bond donors (Lipinski definition) is 2. The highest BCUT2D eigenvalue weighted by atomic mass is 79.9. The summed E-state index contributed by atoms with van der Waals surface area (Å²) in [6, 6.07) is 11.8. The molecule has 2 N–H and O–H groups in total. The lowest BCUT2D eigenvalue weighted by Gasteiger charge is -2.17. The van der Waals surface area contributed by atoms with Gasteiger partial charge in [0.15, 0.2) is 12.3 Å². The van der Waals surface area contributed by atoms with Crippen LogP contribution in [0.25, 0.3) is 0 Å². The number of halogens is 1. The molecule has 1 heterocycles. The van der Waals surface area contributed by atoms with E-state index in [2.05, 4.69) is 21.2 Å². The van der Waals surface area contributed by atoms with Crippen LogP contribution in [-0.4, -0.2) is 19.5 Å². The molecule has 0 spiro atoms. The molecule has 2 rings (SSSR count). The number of likely N-dealkylation sites (N-methyl/N-ethyl adjacent to an activating group) is 1. The Labute approximate surface area is 133 Å². The third-order valence-corrected chi connectivity index (χ3v) is 3.79. The second-order valence-corrected chi connectivity index (χ2v) is 6.15. The van der Waals surface area contributed by atoms with Gasteiger partial charge in [0.2, 0.25) is 0 Å². The molecule has 1 aromatic carbocycles. The molecule has 0 bridgehead atoms. The zero-order valence-corrected chi connectivity index (χ0v) is 13.8. The summed E-state index contributed by atoms with van der Waals surface area (Å²) in [5, 5.41) is 3.02. The molecule has 1 aromatic heterocycles. The summed E-state index contributed by atoms with van der Waals surface area (Å²) in [4.78, 5) is 13.1. The summed E-state index contributed by atoms with van der Waals surface area (Å²) in [5.41, 5.74) is 1.09. The number of nitrogens with one attached hydrogen (secondary N) is 2. The van der Waals surface area contributed by atoms with Crippen LogP contribution in [0.3, 0.4) is 0 Å². The van der Waals surface area contributed by atoms with Gasteiger partial charge in [0.05, 0.1) is 19.4 Å². The molecule has 2 atom stereocenters. The van der Waals surface area contributed by atoms with Crippen LogP contribution in [0.1, 0.15) is 24.3 Å². The SMILES string of the molecule is C[C@H](NC(=O)C[NH+](C)Cc1ccco1)c1ccc(Br)cc1. The number of rotatable bonds is 6. The first-order valence-corrected chi connectivity index (χ1v) is 7.72. The van der Waals surface area contributed by atoms with Gasteiger partial charge in [0.25, 0.3) is 5.91 Å². The molecule has 0 aliphatic carbocycles. The number of amides is 1. The molecular weight excluding hydrogens is 332 g/mol. The molecule has 4 nitrogen and oxygen atoms in total. The van der Waals surface area contributed by atoms with Crippen molar-refractivity contribution < 1.29 is 14.1 Å². The number of furan rings is 1. The van der Waals surface area contributed by atoms with Gasteiger partial charge in [-0.15, -0.1) is 0 Å². The van der Waals surface area contributed by atoms with Gasteiger partial charge < -0.3 is 14.6 Å². The van der Waals surface area contributed by atoms with E-state index in [1.54, 1.807) is 6.26 Å². The molecule has 5 heteroatoms. The fourth-order valence-electron chi connectivity index (χ4n) is 2.17. The Morgan fingerprint density at radius 1 is 1.33 bits per heavy atom. The molecule has 0 radical (unpaired) electrons. The normalized spacial score (nSPS) is 13.7. The Kier molecular flexibility index (Phi) is 5.59. The quantitative estimate of drug-likeness (QED) is 0.835. The smallest absolute Gasteiger partial charge is 0.275 e. The van der Waals surface area contributed by atoms with E-state index in [0.29, 0.717) is 13.1 Å². The van der Waals surface area contributed by atoms with Crippen LogP contribution < -0.4 is 10.2 Å². The van der Waals surface area contributed by atoms with Gasteiger partial charge in [-0.1, -0.05) is 28.1 Å². The molecular formula is C16H20BrN2O2+. The standard InChI is InChI=1S/C16H19BrN2O2/c1-12(13-5-7-14(17)8-6-13)18-16(20)11-19(2)10-15-4-3-9-21-15/h3-9,12H,10-11H2,1-2H3,(H,18,20)/p+1/t12-/m0/s1. The van der Waals surface area contributed by atoms with Crippen LogP contribution >= 0.6 is 15.9 Å². The van der Waals surface area contributed by atoms with Crippen molar-refractivity contribution in [3.8, 4) is 0 Å². The first-order chi connectivity index (χ1) is 10.0. The second-order valence-electron chi connectivity index (χ2n) is 5.23. The Morgan fingerprint density at radius 3 is 2.67 bits per heavy atom. The van der Waals surface area contributed by atoms with E-state index in [-0.39, 0.29) is 11.9 Å². The van der Waals surface area contributed by atoms with Gasteiger partial charge in [0.1, 0.15) is 6.54 Å². The first-order valence-electron chi connectivity index (χ1n) is 6.93. The van der Waals surface area contributed by atoms with Crippen LogP contribution in [0.2, 0.25) is 0 Å². The Balaban J connectivity index is 1.82. The van der Waals surface area contributed by atoms with E-state index in [1.807, 2.05) is 50.4 Å². The minimum atomic E-state index is 0.00186. The monoisotopic (exact) mass is 351 g/mol. The Hall–Kier alpha value is -1.59. The van der Waals surface area contributed by atoms with Crippen molar-refractivity contribution in [2.45, 2.75) is 19.5 Å². The van der Waals surface area contributed by atoms with Crippen LogP contribution in [-0.2, 0) is 11.3 Å². The van der Waals surface area contributed by atoms with Crippen molar-refractivity contribution in [3.05, 3.63) is 58.5 Å². The van der Waals surface area contributed by atoms with E-state index in [0.717, 1.165) is 20.7 Å². The van der Waals surface area contributed by atoms with Crippen LogP contribution in [0.5, 0.6) is 0 Å². The zero-order chi connectivity index (χ0) is 15.2. The molecule has 0 saturated heterocycles. The second kappa shape index (κ2) is 7.43. The van der Waals surface area contributed by atoms with E-state index in [4.69, 9.17) is 4.42 Å². The topological polar surface area (TPSA) is 46.7 Å². The number of carbonyl (C=O) groups is 1. The fraction of sp³-hybridized carbons (Fsp3) is 0.312. The molecule has 21 heavy (non-hydrogen) atoms. The summed E-state index contributed by atoms with van der Waals surface area (Å²) < 4.78 is 6.32. The maximum absolute atomic E-state index is 12.1. The predicted molar refractivity (Wildman–Crippen MR) is 84.9 cm³/mol. The van der Waals surface area contributed by atoms with E-state index in [1.165, 1.54) is 0 Å². The van der Waals surface area contributed by atoms with E-state index < -0.39 is 0 Å². The van der Waals surface area contributed by atoms with Gasteiger partial charge in [0, 0.05) is 4.47 Å². The molecule has 1 amide bonds. The summed E-state index contributed by atoms with van der Waals surface area (Å²) in [6.07, 6.45) is 1.65. The van der Waals surface area contributed by atoms with Crippen molar-refractivity contribution in [1.82, 2.24) is 5.32 Å². The van der Waals surface area contributed by atoms with Crippen molar-refractivity contribution >= 4 is 21.8 Å². The molecule has 1 unspecified atom stereocenters. The lowest BCUT2D eigenvalue weighted by atomic mass is 10.1. The molecule has 0 aliphatic heterocycles. The highest BCUT2D eigenvalue weighted by molar-refractivity contribution is 9.10. The summed E-state index contributed by atoms with van der Waals surface area (Å²) in [7, 11) is 1.98. The highest BCUT2D eigenvalue weighted by Crippen LogP contribution is 2.16. The number of quaternary nitrogens is 1. The van der Waals surface area contributed by atoms with Gasteiger partial charge in [-0.25, -0.2) is 0 Å². The van der Waals surface area contributed by atoms with Crippen LogP contribution in [0.4, 0.5) is 0 Å². The maximum Gasteiger partial charge on any atom is 0.275 e. The molecule has 2 aromatic rings. The predicted octanol–water partition coefficient (Wildman–Crippen LogP) is 1.93. The minimum Gasteiger partial charge on any atom is -0.463 e. The van der Waals surface area contributed by atoms with Gasteiger partial charge in [-0.2, -0.15) is 0 Å². The largest absolute Gasteiger partial charge is 0.463 e. The average molecular weight is 352 g/mol. The third kappa shape index (κ3) is 5.02. The summed E-state index contributed by atoms with van der Waals surface area (Å²) >= 11 is 3.41. The minimum absolute atomic E-state index is 0.00186. The van der Waals surface area contributed by atoms with E-state index in [9.17, 15) is 4.79 Å². The van der Waals surface area contributed by atoms with Crippen molar-refractivity contribution in [1.29, 1.82) is 0 Å². The molecule has 0 fully saturated rings. The Bertz CT molecular complexity index is 566. The van der Waals surface area contributed by atoms with E-state index >= 15 is 0 Å². The lowest BCUT2D eigenvalue weighted by Crippen LogP contribution is -3.08. The summed E-state index contributed by atoms with van der Waals surface area (Å²) in [5.74, 6) is 0.927. The Morgan fingerprint density at radius 2 is 2.05 bits per heavy atom. The van der Waals surface area contributed by atoms with Crippen molar-refractivity contribution in [3.63, 3.8) is 0 Å². The van der Waals surface area contributed by atoms with Gasteiger partial charge in [-0.05, 0) is 36.8 Å². The molecule has 0 saturated carbocycles. The fourth-order valence-corrected chi connectivity index (χ4v) is 2.44. The summed E-state index contributed by atoms with van der Waals surface area (Å²) in [6.45, 7) is 3.11. The third-order valence-electron chi connectivity index (χ3n) is 3.27. The molecule has 112 valence electrons. The number of benzene rings is 1. The van der Waals surface area contributed by atoms with Crippen molar-refractivity contribution in [2.24, 2.45) is 0 Å². The number of carbonyl (C=O) groups excluding carboxylic acids is 1. The van der Waals surface area contributed by atoms with Gasteiger partial charge in [-0.3, -0.25) is 4.79 Å². The maximum atomic E-state index is 12.1. The van der Waals surface area contributed by atoms with Crippen molar-refractivity contribution in [2.75, 3.05) is 13.6 Å². The van der Waals surface area contributed by atoms with Crippen LogP contribution in [0, 0.1) is 0 Å². The zero-order valence-electron chi connectivity index (χ0n) is 12.2. The molecule has 0 aliphatic rings. The number of hydrogen-bond acceptors (Lipinski definition) is 2. The van der Waals surface area contributed by atoms with Gasteiger partial charge >= 0.3 is 0 Å². The first kappa shape index (κ1) is 15.8. The highest BCUT2D eigenvalue weighted by Gasteiger charge is 2.14.